The van der Waals surface area contributed by atoms with Gasteiger partial charge in [-0.25, -0.2) is 0 Å². The van der Waals surface area contributed by atoms with E-state index in [9.17, 15) is 4.79 Å². The van der Waals surface area contributed by atoms with Gasteiger partial charge in [-0.3, -0.25) is 4.79 Å². The van der Waals surface area contributed by atoms with Crippen LogP contribution in [0.5, 0.6) is 0 Å². The number of hydrogen-bond donors (Lipinski definition) is 0. The third-order valence-corrected chi connectivity index (χ3v) is 4.01. The fourth-order valence-electron chi connectivity index (χ4n) is 1.61. The van der Waals surface area contributed by atoms with Crippen LogP contribution in [-0.2, 0) is 6.42 Å². The van der Waals surface area contributed by atoms with Crippen LogP contribution in [0.3, 0.4) is 0 Å². The standard InChI is InChI=1S/C13H10Cl2OS/c1-2-8-5-6-17-13(8)12(16)10-4-3-9(14)7-11(10)15/h3-7H,2H2,1H3. The van der Waals surface area contributed by atoms with Crippen molar-refractivity contribution < 1.29 is 4.79 Å². The van der Waals surface area contributed by atoms with E-state index >= 15 is 0 Å². The molecule has 4 heteroatoms. The lowest BCUT2D eigenvalue weighted by Gasteiger charge is -2.04. The second kappa shape index (κ2) is 5.21. The monoisotopic (exact) mass is 284 g/mol. The molecule has 1 heterocycles. The summed E-state index contributed by atoms with van der Waals surface area (Å²) in [6.45, 7) is 2.03. The minimum Gasteiger partial charge on any atom is -0.288 e. The van der Waals surface area contributed by atoms with Crippen LogP contribution in [-0.4, -0.2) is 5.78 Å². The molecule has 0 N–H and O–H groups in total. The van der Waals surface area contributed by atoms with Crippen molar-refractivity contribution in [2.45, 2.75) is 13.3 Å². The molecule has 0 radical (unpaired) electrons. The highest BCUT2D eigenvalue weighted by Gasteiger charge is 2.17. The molecule has 0 unspecified atom stereocenters. The van der Waals surface area contributed by atoms with E-state index in [1.807, 2.05) is 18.4 Å². The van der Waals surface area contributed by atoms with Gasteiger partial charge in [0.2, 0.25) is 5.78 Å². The Kier molecular flexibility index (Phi) is 3.87. The van der Waals surface area contributed by atoms with Gasteiger partial charge in [0.1, 0.15) is 0 Å². The minimum absolute atomic E-state index is 0.0292. The lowest BCUT2D eigenvalue weighted by Crippen LogP contribution is -2.02. The fraction of sp³-hybridized carbons (Fsp3) is 0.154. The molecular formula is C13H10Cl2OS. The molecule has 1 aromatic heterocycles. The van der Waals surface area contributed by atoms with Gasteiger partial charge in [0, 0.05) is 10.6 Å². The van der Waals surface area contributed by atoms with Gasteiger partial charge in [-0.1, -0.05) is 30.1 Å². The van der Waals surface area contributed by atoms with Gasteiger partial charge in [0.25, 0.3) is 0 Å². The quantitative estimate of drug-likeness (QED) is 0.737. The largest absolute Gasteiger partial charge is 0.288 e. The lowest BCUT2D eigenvalue weighted by atomic mass is 10.1. The Bertz CT molecular complexity index is 560. The summed E-state index contributed by atoms with van der Waals surface area (Å²) in [5.41, 5.74) is 1.57. The summed E-state index contributed by atoms with van der Waals surface area (Å²) < 4.78 is 0. The molecule has 1 nitrogen and oxygen atoms in total. The number of rotatable bonds is 3. The average Bonchev–Trinajstić information content (AvgIpc) is 2.76. The number of halogens is 2. The van der Waals surface area contributed by atoms with Gasteiger partial charge in [-0.15, -0.1) is 11.3 Å². The highest BCUT2D eigenvalue weighted by Crippen LogP contribution is 2.27. The summed E-state index contributed by atoms with van der Waals surface area (Å²) in [7, 11) is 0. The first-order chi connectivity index (χ1) is 8.13. The Morgan fingerprint density at radius 3 is 2.71 bits per heavy atom. The molecule has 0 aliphatic rings. The van der Waals surface area contributed by atoms with Crippen molar-refractivity contribution in [1.29, 1.82) is 0 Å². The summed E-state index contributed by atoms with van der Waals surface area (Å²) in [6, 6.07) is 6.92. The first kappa shape index (κ1) is 12.6. The number of carbonyl (C=O) groups is 1. The SMILES string of the molecule is CCc1ccsc1C(=O)c1ccc(Cl)cc1Cl. The van der Waals surface area contributed by atoms with Crippen molar-refractivity contribution in [2.24, 2.45) is 0 Å². The summed E-state index contributed by atoms with van der Waals surface area (Å²) in [4.78, 5) is 13.1. The van der Waals surface area contributed by atoms with Crippen LogP contribution in [0.4, 0.5) is 0 Å². The minimum atomic E-state index is -0.0292. The topological polar surface area (TPSA) is 17.1 Å². The number of carbonyl (C=O) groups excluding carboxylic acids is 1. The Balaban J connectivity index is 2.44. The molecular weight excluding hydrogens is 275 g/mol. The van der Waals surface area contributed by atoms with E-state index in [1.165, 1.54) is 11.3 Å². The highest BCUT2D eigenvalue weighted by atomic mass is 35.5. The molecule has 2 aromatic rings. The van der Waals surface area contributed by atoms with E-state index in [-0.39, 0.29) is 5.78 Å². The molecule has 0 aliphatic heterocycles. The molecule has 0 amide bonds. The van der Waals surface area contributed by atoms with E-state index in [4.69, 9.17) is 23.2 Å². The van der Waals surface area contributed by atoms with Gasteiger partial charge < -0.3 is 0 Å². The zero-order chi connectivity index (χ0) is 12.4. The zero-order valence-electron chi connectivity index (χ0n) is 9.17. The lowest BCUT2D eigenvalue weighted by molar-refractivity contribution is 0.104. The van der Waals surface area contributed by atoms with Gasteiger partial charge in [-0.05, 0) is 41.6 Å². The number of thiophene rings is 1. The number of ketones is 1. The van der Waals surface area contributed by atoms with E-state index < -0.39 is 0 Å². The zero-order valence-corrected chi connectivity index (χ0v) is 11.5. The predicted molar refractivity (Wildman–Crippen MR) is 73.6 cm³/mol. The van der Waals surface area contributed by atoms with Crippen LogP contribution in [0, 0.1) is 0 Å². The molecule has 0 bridgehead atoms. The van der Waals surface area contributed by atoms with E-state index in [0.29, 0.717) is 15.6 Å². The Morgan fingerprint density at radius 2 is 2.06 bits per heavy atom. The molecule has 0 atom stereocenters. The summed E-state index contributed by atoms with van der Waals surface area (Å²) >= 11 is 13.3. The second-order valence-corrected chi connectivity index (χ2v) is 5.34. The van der Waals surface area contributed by atoms with Crippen molar-refractivity contribution in [3.63, 3.8) is 0 Å². The molecule has 1 aromatic carbocycles. The van der Waals surface area contributed by atoms with Crippen molar-refractivity contribution in [3.05, 3.63) is 55.7 Å². The summed E-state index contributed by atoms with van der Waals surface area (Å²) in [5, 5.41) is 2.86. The van der Waals surface area contributed by atoms with Gasteiger partial charge in [0.05, 0.1) is 9.90 Å². The van der Waals surface area contributed by atoms with Crippen molar-refractivity contribution in [2.75, 3.05) is 0 Å². The highest BCUT2D eigenvalue weighted by molar-refractivity contribution is 7.12. The van der Waals surface area contributed by atoms with E-state index in [1.54, 1.807) is 18.2 Å². The molecule has 88 valence electrons. The molecule has 0 fully saturated rings. The van der Waals surface area contributed by atoms with Gasteiger partial charge >= 0.3 is 0 Å². The molecule has 0 spiro atoms. The van der Waals surface area contributed by atoms with Crippen LogP contribution in [0.1, 0.15) is 27.7 Å². The molecule has 2 rings (SSSR count). The van der Waals surface area contributed by atoms with Crippen molar-refractivity contribution >= 4 is 40.3 Å². The normalized spacial score (nSPS) is 10.5. The molecule has 0 saturated heterocycles. The van der Waals surface area contributed by atoms with Crippen LogP contribution in [0.15, 0.2) is 29.6 Å². The van der Waals surface area contributed by atoms with Crippen LogP contribution >= 0.6 is 34.5 Å². The number of hydrogen-bond acceptors (Lipinski definition) is 2. The maximum Gasteiger partial charge on any atom is 0.204 e. The predicted octanol–water partition coefficient (Wildman–Crippen LogP) is 4.85. The first-order valence-corrected chi connectivity index (χ1v) is 6.83. The van der Waals surface area contributed by atoms with Crippen molar-refractivity contribution in [3.8, 4) is 0 Å². The number of benzene rings is 1. The number of aryl methyl sites for hydroxylation is 1. The maximum atomic E-state index is 12.3. The van der Waals surface area contributed by atoms with E-state index in [2.05, 4.69) is 0 Å². The fourth-order valence-corrected chi connectivity index (χ4v) is 3.05. The van der Waals surface area contributed by atoms with Crippen LogP contribution in [0.2, 0.25) is 10.0 Å². The molecule has 17 heavy (non-hydrogen) atoms. The smallest absolute Gasteiger partial charge is 0.204 e. The third-order valence-electron chi connectivity index (χ3n) is 2.51. The Hall–Kier alpha value is -0.830. The average molecular weight is 285 g/mol. The second-order valence-electron chi connectivity index (χ2n) is 3.58. The van der Waals surface area contributed by atoms with Crippen molar-refractivity contribution in [1.82, 2.24) is 0 Å². The summed E-state index contributed by atoms with van der Waals surface area (Å²) in [5.74, 6) is -0.0292. The first-order valence-electron chi connectivity index (χ1n) is 5.19. The van der Waals surface area contributed by atoms with Gasteiger partial charge in [0.15, 0.2) is 0 Å². The van der Waals surface area contributed by atoms with Crippen LogP contribution < -0.4 is 0 Å². The maximum absolute atomic E-state index is 12.3. The van der Waals surface area contributed by atoms with Gasteiger partial charge in [-0.2, -0.15) is 0 Å². The summed E-state index contributed by atoms with van der Waals surface area (Å²) in [6.07, 6.45) is 0.843. The third kappa shape index (κ3) is 2.54. The van der Waals surface area contributed by atoms with Crippen LogP contribution in [0.25, 0.3) is 0 Å². The Morgan fingerprint density at radius 1 is 1.29 bits per heavy atom. The molecule has 0 saturated carbocycles. The molecule has 0 aliphatic carbocycles. The Labute approximate surface area is 114 Å². The van der Waals surface area contributed by atoms with E-state index in [0.717, 1.165) is 16.9 Å².